The van der Waals surface area contributed by atoms with E-state index in [1.807, 2.05) is 18.2 Å². The van der Waals surface area contributed by atoms with Crippen LogP contribution in [0.4, 0.5) is 5.69 Å². The molecular weight excluding hydrogens is 294 g/mol. The van der Waals surface area contributed by atoms with Gasteiger partial charge in [-0.15, -0.1) is 11.3 Å². The Hall–Kier alpha value is -2.46. The van der Waals surface area contributed by atoms with Crippen LogP contribution >= 0.6 is 11.3 Å². The molecule has 0 bridgehead atoms. The summed E-state index contributed by atoms with van der Waals surface area (Å²) in [5.74, 6) is 1.59. The number of fused-ring (bicyclic) bond motifs is 1. The Labute approximate surface area is 132 Å². The zero-order chi connectivity index (χ0) is 14.9. The summed E-state index contributed by atoms with van der Waals surface area (Å²) in [4.78, 5) is 1.26. The zero-order valence-corrected chi connectivity index (χ0v) is 12.7. The highest BCUT2D eigenvalue weighted by Gasteiger charge is 2.24. The van der Waals surface area contributed by atoms with Crippen molar-refractivity contribution in [3.05, 3.63) is 76.0 Å². The number of benzene rings is 2. The predicted molar refractivity (Wildman–Crippen MR) is 88.7 cm³/mol. The van der Waals surface area contributed by atoms with E-state index in [0.717, 1.165) is 22.7 Å². The summed E-state index contributed by atoms with van der Waals surface area (Å²) in [5, 5.41) is 2.09. The molecule has 0 amide bonds. The summed E-state index contributed by atoms with van der Waals surface area (Å²) < 4.78 is 10.9. The van der Waals surface area contributed by atoms with Crippen molar-refractivity contribution in [1.29, 1.82) is 0 Å². The molecule has 110 valence electrons. The van der Waals surface area contributed by atoms with Crippen LogP contribution in [0.2, 0.25) is 0 Å². The fourth-order valence-electron chi connectivity index (χ4n) is 2.82. The number of rotatable bonds is 3. The minimum atomic E-state index is 0.107. The first-order chi connectivity index (χ1) is 10.8. The topological polar surface area (TPSA) is 44.5 Å². The van der Waals surface area contributed by atoms with Crippen LogP contribution < -0.4 is 15.2 Å². The third kappa shape index (κ3) is 2.22. The van der Waals surface area contributed by atoms with Crippen molar-refractivity contribution in [1.82, 2.24) is 0 Å². The average Bonchev–Trinajstić information content (AvgIpc) is 3.20. The van der Waals surface area contributed by atoms with Crippen LogP contribution in [0.15, 0.2) is 60.0 Å². The predicted octanol–water partition coefficient (Wildman–Crippen LogP) is 4.24. The van der Waals surface area contributed by atoms with Gasteiger partial charge in [0.15, 0.2) is 11.5 Å². The number of nitrogens with two attached hydrogens (primary N) is 1. The molecule has 0 aliphatic carbocycles. The summed E-state index contributed by atoms with van der Waals surface area (Å²) in [6, 6.07) is 18.5. The largest absolute Gasteiger partial charge is 0.454 e. The molecule has 2 heterocycles. The van der Waals surface area contributed by atoms with Crippen LogP contribution in [0.5, 0.6) is 11.5 Å². The molecule has 0 spiro atoms. The number of hydrogen-bond donors (Lipinski definition) is 1. The first kappa shape index (κ1) is 13.2. The highest BCUT2D eigenvalue weighted by molar-refractivity contribution is 7.10. The molecule has 3 nitrogen and oxygen atoms in total. The molecule has 2 aromatic carbocycles. The van der Waals surface area contributed by atoms with E-state index in [-0.39, 0.29) is 12.7 Å². The van der Waals surface area contributed by atoms with Crippen molar-refractivity contribution in [3.63, 3.8) is 0 Å². The summed E-state index contributed by atoms with van der Waals surface area (Å²) in [7, 11) is 0. The van der Waals surface area contributed by atoms with Crippen molar-refractivity contribution in [3.8, 4) is 11.5 Å². The molecule has 2 N–H and O–H groups in total. The summed E-state index contributed by atoms with van der Waals surface area (Å²) in [6.45, 7) is 0.257. The van der Waals surface area contributed by atoms with Crippen LogP contribution in [-0.2, 0) is 0 Å². The third-order valence-corrected chi connectivity index (χ3v) is 4.79. The van der Waals surface area contributed by atoms with Gasteiger partial charge < -0.3 is 15.2 Å². The molecule has 1 aliphatic rings. The molecule has 1 aliphatic heterocycles. The highest BCUT2D eigenvalue weighted by atomic mass is 32.1. The van der Waals surface area contributed by atoms with E-state index >= 15 is 0 Å². The Morgan fingerprint density at radius 2 is 1.73 bits per heavy atom. The molecule has 0 saturated heterocycles. The fraction of sp³-hybridized carbons (Fsp3) is 0.111. The Kier molecular flexibility index (Phi) is 3.24. The lowest BCUT2D eigenvalue weighted by atomic mass is 9.88. The van der Waals surface area contributed by atoms with Crippen molar-refractivity contribution >= 4 is 17.0 Å². The maximum Gasteiger partial charge on any atom is 0.231 e. The molecule has 22 heavy (non-hydrogen) atoms. The van der Waals surface area contributed by atoms with Crippen molar-refractivity contribution < 1.29 is 9.47 Å². The van der Waals surface area contributed by atoms with E-state index in [0.29, 0.717) is 0 Å². The van der Waals surface area contributed by atoms with Crippen molar-refractivity contribution in [2.24, 2.45) is 0 Å². The molecule has 0 fully saturated rings. The van der Waals surface area contributed by atoms with Crippen LogP contribution in [0.3, 0.4) is 0 Å². The molecule has 1 atom stereocenters. The van der Waals surface area contributed by atoms with Gasteiger partial charge >= 0.3 is 0 Å². The quantitative estimate of drug-likeness (QED) is 0.736. The van der Waals surface area contributed by atoms with Gasteiger partial charge in [0.2, 0.25) is 6.79 Å². The lowest BCUT2D eigenvalue weighted by molar-refractivity contribution is 0.174. The second-order valence-corrected chi connectivity index (χ2v) is 6.17. The van der Waals surface area contributed by atoms with E-state index in [1.165, 1.54) is 10.4 Å². The summed E-state index contributed by atoms with van der Waals surface area (Å²) in [5.41, 5.74) is 9.31. The first-order valence-electron chi connectivity index (χ1n) is 7.10. The minimum Gasteiger partial charge on any atom is -0.454 e. The number of ether oxygens (including phenoxy) is 2. The van der Waals surface area contributed by atoms with Gasteiger partial charge in [0.1, 0.15) is 0 Å². The van der Waals surface area contributed by atoms with Gasteiger partial charge in [-0.05, 0) is 28.6 Å². The zero-order valence-electron chi connectivity index (χ0n) is 11.9. The van der Waals surface area contributed by atoms with E-state index < -0.39 is 0 Å². The van der Waals surface area contributed by atoms with Gasteiger partial charge in [-0.25, -0.2) is 0 Å². The highest BCUT2D eigenvalue weighted by Crippen LogP contribution is 2.43. The lowest BCUT2D eigenvalue weighted by Crippen LogP contribution is -2.05. The van der Waals surface area contributed by atoms with Crippen LogP contribution in [0, 0.1) is 0 Å². The minimum absolute atomic E-state index is 0.107. The van der Waals surface area contributed by atoms with E-state index in [1.54, 1.807) is 11.3 Å². The normalized spacial score (nSPS) is 14.0. The van der Waals surface area contributed by atoms with Gasteiger partial charge in [-0.2, -0.15) is 0 Å². The van der Waals surface area contributed by atoms with Crippen molar-refractivity contribution in [2.45, 2.75) is 5.92 Å². The molecule has 0 radical (unpaired) electrons. The second kappa shape index (κ2) is 5.39. The maximum absolute atomic E-state index is 6.31. The number of anilines is 1. The maximum atomic E-state index is 6.31. The van der Waals surface area contributed by atoms with E-state index in [4.69, 9.17) is 15.2 Å². The Balaban J connectivity index is 1.89. The lowest BCUT2D eigenvalue weighted by Gasteiger charge is -2.19. The molecular formula is C18H15NO2S. The van der Waals surface area contributed by atoms with Crippen LogP contribution in [0.25, 0.3) is 0 Å². The summed E-state index contributed by atoms with van der Waals surface area (Å²) >= 11 is 1.74. The summed E-state index contributed by atoms with van der Waals surface area (Å²) in [6.07, 6.45) is 0. The van der Waals surface area contributed by atoms with Gasteiger partial charge in [0.05, 0.1) is 0 Å². The first-order valence-corrected chi connectivity index (χ1v) is 7.98. The van der Waals surface area contributed by atoms with Crippen LogP contribution in [0.1, 0.15) is 21.9 Å². The average molecular weight is 309 g/mol. The monoisotopic (exact) mass is 309 g/mol. The molecule has 1 unspecified atom stereocenters. The van der Waals surface area contributed by atoms with Gasteiger partial charge in [-0.3, -0.25) is 0 Å². The Morgan fingerprint density at radius 1 is 0.955 bits per heavy atom. The van der Waals surface area contributed by atoms with Crippen LogP contribution in [-0.4, -0.2) is 6.79 Å². The molecule has 3 aromatic rings. The molecule has 4 rings (SSSR count). The molecule has 0 saturated carbocycles. The molecule has 4 heteroatoms. The number of hydrogen-bond acceptors (Lipinski definition) is 4. The van der Waals surface area contributed by atoms with Gasteiger partial charge in [0, 0.05) is 22.5 Å². The smallest absolute Gasteiger partial charge is 0.231 e. The third-order valence-electron chi connectivity index (χ3n) is 3.85. The Morgan fingerprint density at radius 3 is 2.45 bits per heavy atom. The Bertz CT molecular complexity index is 784. The van der Waals surface area contributed by atoms with E-state index in [9.17, 15) is 0 Å². The van der Waals surface area contributed by atoms with Crippen molar-refractivity contribution in [2.75, 3.05) is 12.5 Å². The number of nitrogen functional groups attached to an aromatic ring is 1. The van der Waals surface area contributed by atoms with E-state index in [2.05, 4.69) is 41.8 Å². The van der Waals surface area contributed by atoms with Gasteiger partial charge in [-0.1, -0.05) is 36.4 Å². The molecule has 1 aromatic heterocycles. The van der Waals surface area contributed by atoms with Gasteiger partial charge in [0.25, 0.3) is 0 Å². The number of thiophene rings is 1. The fourth-order valence-corrected chi connectivity index (χ4v) is 3.69. The second-order valence-electron chi connectivity index (χ2n) is 5.19. The SMILES string of the molecule is Nc1cc2c(cc1C(c1ccccc1)c1cccs1)OCO2. The standard InChI is InChI=1S/C18H15NO2S/c19-14-10-16-15(20-11-21-16)9-13(14)18(17-7-4-8-22-17)12-5-2-1-3-6-12/h1-10,18H,11,19H2.